The molecule has 0 fully saturated rings. The van der Waals surface area contributed by atoms with Crippen molar-refractivity contribution in [3.8, 4) is 5.75 Å². The highest BCUT2D eigenvalue weighted by molar-refractivity contribution is 5.88. The number of ether oxygens (including phenoxy) is 1. The number of amides is 2. The normalized spacial score (nSPS) is 10.3. The molecule has 26 heavy (non-hydrogen) atoms. The molecule has 0 atom stereocenters. The number of anilines is 1. The van der Waals surface area contributed by atoms with Gasteiger partial charge in [-0.2, -0.15) is 0 Å². The van der Waals surface area contributed by atoms with Gasteiger partial charge in [0.15, 0.2) is 0 Å². The van der Waals surface area contributed by atoms with Gasteiger partial charge in [0, 0.05) is 19.7 Å². The zero-order chi connectivity index (χ0) is 19.1. The third-order valence-electron chi connectivity index (χ3n) is 3.95. The highest BCUT2D eigenvalue weighted by atomic mass is 16.5. The van der Waals surface area contributed by atoms with Crippen LogP contribution < -0.4 is 10.1 Å². The number of benzene rings is 2. The SMILES string of the molecule is CC(=O)Nc1ccc(CC(=O)N(C)CCOc2cc(C)cc(C)c2)cc1. The van der Waals surface area contributed by atoms with Crippen LogP contribution in [0, 0.1) is 13.8 Å². The molecular weight excluding hydrogens is 328 g/mol. The molecule has 138 valence electrons. The summed E-state index contributed by atoms with van der Waals surface area (Å²) in [4.78, 5) is 25.0. The van der Waals surface area contributed by atoms with E-state index >= 15 is 0 Å². The summed E-state index contributed by atoms with van der Waals surface area (Å²) in [6.07, 6.45) is 0.320. The lowest BCUT2D eigenvalue weighted by molar-refractivity contribution is -0.129. The van der Waals surface area contributed by atoms with E-state index in [9.17, 15) is 9.59 Å². The lowest BCUT2D eigenvalue weighted by Gasteiger charge is -2.18. The first-order valence-electron chi connectivity index (χ1n) is 8.65. The Morgan fingerprint density at radius 2 is 1.65 bits per heavy atom. The fraction of sp³-hybridized carbons (Fsp3) is 0.333. The summed E-state index contributed by atoms with van der Waals surface area (Å²) >= 11 is 0. The lowest BCUT2D eigenvalue weighted by atomic mass is 10.1. The largest absolute Gasteiger partial charge is 0.492 e. The summed E-state index contributed by atoms with van der Waals surface area (Å²) in [6.45, 7) is 6.51. The van der Waals surface area contributed by atoms with E-state index < -0.39 is 0 Å². The van der Waals surface area contributed by atoms with Gasteiger partial charge in [0.25, 0.3) is 0 Å². The van der Waals surface area contributed by atoms with Crippen molar-refractivity contribution in [1.29, 1.82) is 0 Å². The van der Waals surface area contributed by atoms with Crippen molar-refractivity contribution in [1.82, 2.24) is 4.90 Å². The van der Waals surface area contributed by atoms with Crippen LogP contribution in [0.3, 0.4) is 0 Å². The van der Waals surface area contributed by atoms with E-state index in [1.54, 1.807) is 24.1 Å². The van der Waals surface area contributed by atoms with Crippen LogP contribution in [0.1, 0.15) is 23.6 Å². The van der Waals surface area contributed by atoms with Crippen LogP contribution in [0.25, 0.3) is 0 Å². The average Bonchev–Trinajstić information content (AvgIpc) is 2.55. The second-order valence-corrected chi connectivity index (χ2v) is 6.54. The summed E-state index contributed by atoms with van der Waals surface area (Å²) < 4.78 is 5.76. The monoisotopic (exact) mass is 354 g/mol. The van der Waals surface area contributed by atoms with Gasteiger partial charge >= 0.3 is 0 Å². The van der Waals surface area contributed by atoms with Gasteiger partial charge in [0.1, 0.15) is 12.4 Å². The number of nitrogens with zero attached hydrogens (tertiary/aromatic N) is 1. The number of likely N-dealkylation sites (N-methyl/N-ethyl adjacent to an activating group) is 1. The van der Waals surface area contributed by atoms with Crippen molar-refractivity contribution in [2.24, 2.45) is 0 Å². The van der Waals surface area contributed by atoms with E-state index in [0.717, 1.165) is 28.1 Å². The minimum Gasteiger partial charge on any atom is -0.492 e. The van der Waals surface area contributed by atoms with Crippen molar-refractivity contribution >= 4 is 17.5 Å². The predicted octanol–water partition coefficient (Wildman–Crippen LogP) is 3.34. The Hall–Kier alpha value is -2.82. The quantitative estimate of drug-likeness (QED) is 0.830. The van der Waals surface area contributed by atoms with E-state index in [1.807, 2.05) is 38.1 Å². The first-order valence-corrected chi connectivity index (χ1v) is 8.65. The number of carbonyl (C=O) groups is 2. The van der Waals surface area contributed by atoms with Gasteiger partial charge in [-0.05, 0) is 54.8 Å². The van der Waals surface area contributed by atoms with Gasteiger partial charge < -0.3 is 15.0 Å². The summed E-state index contributed by atoms with van der Waals surface area (Å²) in [5.74, 6) is 0.746. The molecule has 5 nitrogen and oxygen atoms in total. The molecular formula is C21H26N2O3. The van der Waals surface area contributed by atoms with Gasteiger partial charge in [-0.1, -0.05) is 18.2 Å². The van der Waals surface area contributed by atoms with Crippen molar-refractivity contribution in [3.05, 3.63) is 59.2 Å². The van der Waals surface area contributed by atoms with Gasteiger partial charge in [-0.15, -0.1) is 0 Å². The van der Waals surface area contributed by atoms with E-state index in [0.29, 0.717) is 19.6 Å². The van der Waals surface area contributed by atoms with Crippen LogP contribution in [-0.4, -0.2) is 36.9 Å². The van der Waals surface area contributed by atoms with Crippen molar-refractivity contribution in [3.63, 3.8) is 0 Å². The predicted molar refractivity (Wildman–Crippen MR) is 103 cm³/mol. The van der Waals surface area contributed by atoms with Crippen LogP contribution >= 0.6 is 0 Å². The topological polar surface area (TPSA) is 58.6 Å². The molecule has 1 N–H and O–H groups in total. The molecule has 0 aliphatic heterocycles. The Morgan fingerprint density at radius 1 is 1.04 bits per heavy atom. The minimum atomic E-state index is -0.114. The van der Waals surface area contributed by atoms with Crippen molar-refractivity contribution in [2.75, 3.05) is 25.5 Å². The smallest absolute Gasteiger partial charge is 0.226 e. The zero-order valence-electron chi connectivity index (χ0n) is 15.8. The van der Waals surface area contributed by atoms with Gasteiger partial charge in [0.2, 0.25) is 11.8 Å². The third kappa shape index (κ3) is 6.24. The van der Waals surface area contributed by atoms with Crippen LogP contribution in [0.2, 0.25) is 0 Å². The van der Waals surface area contributed by atoms with Crippen LogP contribution in [-0.2, 0) is 16.0 Å². The Labute approximate surface area is 155 Å². The summed E-state index contributed by atoms with van der Waals surface area (Å²) in [5.41, 5.74) is 3.95. The minimum absolute atomic E-state index is 0.0290. The molecule has 0 aliphatic rings. The molecule has 5 heteroatoms. The number of carbonyl (C=O) groups excluding carboxylic acids is 2. The zero-order valence-corrected chi connectivity index (χ0v) is 15.8. The second-order valence-electron chi connectivity index (χ2n) is 6.54. The number of hydrogen-bond donors (Lipinski definition) is 1. The van der Waals surface area contributed by atoms with E-state index in [2.05, 4.69) is 11.4 Å². The molecule has 0 radical (unpaired) electrons. The third-order valence-corrected chi connectivity index (χ3v) is 3.95. The summed E-state index contributed by atoms with van der Waals surface area (Å²) in [6, 6.07) is 13.4. The maximum atomic E-state index is 12.3. The van der Waals surface area contributed by atoms with Gasteiger partial charge in [0.05, 0.1) is 13.0 Å². The van der Waals surface area contributed by atoms with Gasteiger partial charge in [-0.3, -0.25) is 9.59 Å². The number of hydrogen-bond acceptors (Lipinski definition) is 3. The number of nitrogens with one attached hydrogen (secondary N) is 1. The molecule has 2 rings (SSSR count). The molecule has 2 aromatic carbocycles. The van der Waals surface area contributed by atoms with Crippen LogP contribution in [0.5, 0.6) is 5.75 Å². The first kappa shape index (κ1) is 19.5. The van der Waals surface area contributed by atoms with E-state index in [-0.39, 0.29) is 11.8 Å². The Morgan fingerprint density at radius 3 is 2.23 bits per heavy atom. The Kier molecular flexibility index (Phi) is 6.78. The molecule has 0 saturated carbocycles. The molecule has 0 aliphatic carbocycles. The fourth-order valence-corrected chi connectivity index (χ4v) is 2.66. The fourth-order valence-electron chi connectivity index (χ4n) is 2.66. The molecule has 0 heterocycles. The highest BCUT2D eigenvalue weighted by Crippen LogP contribution is 2.16. The Balaban J connectivity index is 1.80. The molecule has 2 amide bonds. The molecule has 2 aromatic rings. The average molecular weight is 354 g/mol. The maximum Gasteiger partial charge on any atom is 0.226 e. The first-order chi connectivity index (χ1) is 12.3. The van der Waals surface area contributed by atoms with Crippen molar-refractivity contribution < 1.29 is 14.3 Å². The second kappa shape index (κ2) is 9.04. The molecule has 0 spiro atoms. The Bertz CT molecular complexity index is 749. The molecule has 0 bridgehead atoms. The molecule has 0 aromatic heterocycles. The number of aryl methyl sites for hydroxylation is 2. The lowest BCUT2D eigenvalue weighted by Crippen LogP contribution is -2.32. The standard InChI is InChI=1S/C21H26N2O3/c1-15-11-16(2)13-20(12-15)26-10-9-23(4)21(25)14-18-5-7-19(8-6-18)22-17(3)24/h5-8,11-13H,9-10,14H2,1-4H3,(H,22,24). The maximum absolute atomic E-state index is 12.3. The summed E-state index contributed by atoms with van der Waals surface area (Å²) in [5, 5.41) is 2.71. The van der Waals surface area contributed by atoms with Crippen LogP contribution in [0.15, 0.2) is 42.5 Å². The summed E-state index contributed by atoms with van der Waals surface area (Å²) in [7, 11) is 1.78. The van der Waals surface area contributed by atoms with Gasteiger partial charge in [-0.25, -0.2) is 0 Å². The molecule has 0 saturated heterocycles. The van der Waals surface area contributed by atoms with E-state index in [4.69, 9.17) is 4.74 Å². The highest BCUT2D eigenvalue weighted by Gasteiger charge is 2.10. The van der Waals surface area contributed by atoms with E-state index in [1.165, 1.54) is 6.92 Å². The number of rotatable bonds is 7. The molecule has 0 unspecified atom stereocenters. The van der Waals surface area contributed by atoms with Crippen molar-refractivity contribution in [2.45, 2.75) is 27.2 Å². The van der Waals surface area contributed by atoms with Crippen LogP contribution in [0.4, 0.5) is 5.69 Å².